The Balaban J connectivity index is 2.18. The minimum atomic E-state index is -0.247. The van der Waals surface area contributed by atoms with Gasteiger partial charge in [-0.2, -0.15) is 0 Å². The number of amides is 1. The van der Waals surface area contributed by atoms with Crippen LogP contribution in [0.4, 0.5) is 4.79 Å². The first-order valence-electron chi connectivity index (χ1n) is 6.42. The fourth-order valence-corrected chi connectivity index (χ4v) is 1.80. The summed E-state index contributed by atoms with van der Waals surface area (Å²) in [6, 6.07) is 0. The summed E-state index contributed by atoms with van der Waals surface area (Å²) in [7, 11) is 0. The van der Waals surface area contributed by atoms with Crippen LogP contribution in [-0.4, -0.2) is 18.7 Å². The molecule has 92 valence electrons. The second-order valence-corrected chi connectivity index (χ2v) is 4.29. The van der Waals surface area contributed by atoms with Crippen molar-refractivity contribution in [3.63, 3.8) is 0 Å². The van der Waals surface area contributed by atoms with Crippen molar-refractivity contribution in [2.75, 3.05) is 6.54 Å². The fourth-order valence-electron chi connectivity index (χ4n) is 1.80. The Labute approximate surface area is 98.2 Å². The smallest absolute Gasteiger partial charge is 0.407 e. The van der Waals surface area contributed by atoms with Gasteiger partial charge in [-0.25, -0.2) is 4.79 Å². The number of carbonyl (C=O) groups excluding carboxylic acids is 1. The Morgan fingerprint density at radius 2 is 2.19 bits per heavy atom. The topological polar surface area (TPSA) is 38.3 Å². The van der Waals surface area contributed by atoms with Crippen molar-refractivity contribution in [3.8, 4) is 0 Å². The van der Waals surface area contributed by atoms with Crippen molar-refractivity contribution in [1.82, 2.24) is 5.32 Å². The Morgan fingerprint density at radius 3 is 3.00 bits per heavy atom. The molecule has 0 bridgehead atoms. The van der Waals surface area contributed by atoms with Gasteiger partial charge in [0.1, 0.15) is 6.10 Å². The van der Waals surface area contributed by atoms with E-state index < -0.39 is 0 Å². The lowest BCUT2D eigenvalue weighted by atomic mass is 10.0. The van der Waals surface area contributed by atoms with Crippen LogP contribution in [0.5, 0.6) is 0 Å². The molecule has 0 aromatic carbocycles. The average Bonchev–Trinajstić information content (AvgIpc) is 2.22. The van der Waals surface area contributed by atoms with Gasteiger partial charge < -0.3 is 10.1 Å². The average molecular weight is 225 g/mol. The highest BCUT2D eigenvalue weighted by atomic mass is 16.6. The molecule has 1 atom stereocenters. The lowest BCUT2D eigenvalue weighted by molar-refractivity contribution is 0.0864. The Hall–Kier alpha value is -0.990. The van der Waals surface area contributed by atoms with E-state index in [9.17, 15) is 4.79 Å². The molecular formula is C13H23NO2. The van der Waals surface area contributed by atoms with Gasteiger partial charge in [0.05, 0.1) is 0 Å². The van der Waals surface area contributed by atoms with Crippen LogP contribution in [0.2, 0.25) is 0 Å². The molecule has 0 aromatic heterocycles. The van der Waals surface area contributed by atoms with E-state index in [0.29, 0.717) is 0 Å². The van der Waals surface area contributed by atoms with Gasteiger partial charge in [0, 0.05) is 6.54 Å². The van der Waals surface area contributed by atoms with E-state index in [1.54, 1.807) is 0 Å². The lowest BCUT2D eigenvalue weighted by Crippen LogP contribution is -2.29. The molecule has 1 N–H and O–H groups in total. The van der Waals surface area contributed by atoms with Crippen molar-refractivity contribution in [2.45, 2.75) is 58.0 Å². The summed E-state index contributed by atoms with van der Waals surface area (Å²) in [5.74, 6) is 0. The Morgan fingerprint density at radius 1 is 1.38 bits per heavy atom. The number of rotatable bonds is 4. The number of carbonyl (C=O) groups is 1. The molecular weight excluding hydrogens is 202 g/mol. The van der Waals surface area contributed by atoms with Gasteiger partial charge in [-0.3, -0.25) is 0 Å². The fraction of sp³-hybridized carbons (Fsp3) is 0.769. The van der Waals surface area contributed by atoms with Gasteiger partial charge in [-0.05, 0) is 38.5 Å². The third-order valence-corrected chi connectivity index (χ3v) is 2.79. The van der Waals surface area contributed by atoms with E-state index >= 15 is 0 Å². The highest BCUT2D eigenvalue weighted by Crippen LogP contribution is 2.15. The predicted octanol–water partition coefficient (Wildman–Crippen LogP) is 3.40. The summed E-state index contributed by atoms with van der Waals surface area (Å²) in [5.41, 5.74) is 0. The van der Waals surface area contributed by atoms with Crippen LogP contribution in [0.15, 0.2) is 12.2 Å². The molecule has 16 heavy (non-hydrogen) atoms. The summed E-state index contributed by atoms with van der Waals surface area (Å²) in [6.45, 7) is 2.83. The van der Waals surface area contributed by atoms with Gasteiger partial charge >= 0.3 is 6.09 Å². The zero-order valence-corrected chi connectivity index (χ0v) is 10.2. The zero-order valence-electron chi connectivity index (χ0n) is 10.2. The van der Waals surface area contributed by atoms with Crippen molar-refractivity contribution in [1.29, 1.82) is 0 Å². The maximum absolute atomic E-state index is 11.4. The third kappa shape index (κ3) is 5.79. The van der Waals surface area contributed by atoms with Crippen molar-refractivity contribution in [3.05, 3.63) is 12.2 Å². The molecule has 0 aliphatic heterocycles. The van der Waals surface area contributed by atoms with Crippen LogP contribution in [-0.2, 0) is 4.74 Å². The minimum absolute atomic E-state index is 0.103. The molecule has 0 saturated heterocycles. The monoisotopic (exact) mass is 225 g/mol. The SMILES string of the molecule is CCCCNC(=O)OC1CC/C=C/CCC1. The molecule has 0 heterocycles. The quantitative estimate of drug-likeness (QED) is 0.588. The first kappa shape index (κ1) is 13.1. The molecule has 1 amide bonds. The van der Waals surface area contributed by atoms with Crippen molar-refractivity contribution in [2.24, 2.45) is 0 Å². The highest BCUT2D eigenvalue weighted by molar-refractivity contribution is 5.67. The molecule has 1 aliphatic rings. The van der Waals surface area contributed by atoms with E-state index in [4.69, 9.17) is 4.74 Å². The zero-order chi connectivity index (χ0) is 11.6. The van der Waals surface area contributed by atoms with Crippen molar-refractivity contribution < 1.29 is 9.53 Å². The summed E-state index contributed by atoms with van der Waals surface area (Å²) >= 11 is 0. The summed E-state index contributed by atoms with van der Waals surface area (Å²) in [6.07, 6.45) is 11.6. The number of hydrogen-bond donors (Lipinski definition) is 1. The lowest BCUT2D eigenvalue weighted by Gasteiger charge is -2.18. The highest BCUT2D eigenvalue weighted by Gasteiger charge is 2.13. The van der Waals surface area contributed by atoms with E-state index in [2.05, 4.69) is 24.4 Å². The standard InChI is InChI=1S/C13H23NO2/c1-2-3-11-14-13(15)16-12-9-7-5-4-6-8-10-12/h4-5,12H,2-3,6-11H2,1H3,(H,14,15)/b5-4+. The largest absolute Gasteiger partial charge is 0.446 e. The normalized spacial score (nSPS) is 22.9. The van der Waals surface area contributed by atoms with E-state index in [1.165, 1.54) is 0 Å². The van der Waals surface area contributed by atoms with Gasteiger partial charge in [0.15, 0.2) is 0 Å². The van der Waals surface area contributed by atoms with Gasteiger partial charge in [0.2, 0.25) is 0 Å². The second-order valence-electron chi connectivity index (χ2n) is 4.29. The van der Waals surface area contributed by atoms with Crippen LogP contribution in [0.3, 0.4) is 0 Å². The van der Waals surface area contributed by atoms with Gasteiger partial charge in [-0.1, -0.05) is 25.5 Å². The van der Waals surface area contributed by atoms with Crippen LogP contribution in [0, 0.1) is 0 Å². The molecule has 0 spiro atoms. The summed E-state index contributed by atoms with van der Waals surface area (Å²) < 4.78 is 5.39. The molecule has 0 aromatic rings. The number of ether oxygens (including phenoxy) is 1. The second kappa shape index (κ2) is 8.20. The molecule has 0 saturated carbocycles. The molecule has 0 radical (unpaired) electrons. The molecule has 1 aliphatic carbocycles. The molecule has 3 heteroatoms. The number of hydrogen-bond acceptors (Lipinski definition) is 2. The van der Waals surface area contributed by atoms with E-state index in [0.717, 1.165) is 51.5 Å². The van der Waals surface area contributed by atoms with Crippen LogP contribution in [0.1, 0.15) is 51.9 Å². The molecule has 3 nitrogen and oxygen atoms in total. The number of alkyl carbamates (subject to hydrolysis) is 1. The van der Waals surface area contributed by atoms with E-state index in [1.807, 2.05) is 0 Å². The number of allylic oxidation sites excluding steroid dienone is 2. The first-order valence-corrected chi connectivity index (χ1v) is 6.42. The van der Waals surface area contributed by atoms with Crippen molar-refractivity contribution >= 4 is 6.09 Å². The maximum Gasteiger partial charge on any atom is 0.407 e. The first-order chi connectivity index (χ1) is 7.83. The van der Waals surface area contributed by atoms with Crippen LogP contribution in [0.25, 0.3) is 0 Å². The molecule has 1 unspecified atom stereocenters. The summed E-state index contributed by atoms with van der Waals surface area (Å²) in [5, 5.41) is 2.79. The predicted molar refractivity (Wildman–Crippen MR) is 65.4 cm³/mol. The number of unbranched alkanes of at least 4 members (excludes halogenated alkanes) is 1. The van der Waals surface area contributed by atoms with Gasteiger partial charge in [0.25, 0.3) is 0 Å². The minimum Gasteiger partial charge on any atom is -0.446 e. The van der Waals surface area contributed by atoms with Crippen LogP contribution < -0.4 is 5.32 Å². The van der Waals surface area contributed by atoms with Crippen LogP contribution >= 0.6 is 0 Å². The Bertz CT molecular complexity index is 226. The summed E-state index contributed by atoms with van der Waals surface area (Å²) in [4.78, 5) is 11.4. The molecule has 0 fully saturated rings. The van der Waals surface area contributed by atoms with E-state index in [-0.39, 0.29) is 12.2 Å². The molecule has 1 rings (SSSR count). The van der Waals surface area contributed by atoms with Gasteiger partial charge in [-0.15, -0.1) is 0 Å². The Kier molecular flexibility index (Phi) is 6.70. The third-order valence-electron chi connectivity index (χ3n) is 2.79. The number of nitrogens with one attached hydrogen (secondary N) is 1. The maximum atomic E-state index is 11.4.